The molecule has 4 saturated carbocycles. The van der Waals surface area contributed by atoms with E-state index in [2.05, 4.69) is 5.32 Å². The molecule has 0 aliphatic heterocycles. The van der Waals surface area contributed by atoms with Crippen LogP contribution in [-0.4, -0.2) is 18.5 Å². The van der Waals surface area contributed by atoms with Crippen LogP contribution in [0.15, 0.2) is 18.2 Å². The van der Waals surface area contributed by atoms with Crippen LogP contribution >= 0.6 is 11.6 Å². The van der Waals surface area contributed by atoms with Crippen molar-refractivity contribution in [2.45, 2.75) is 39.0 Å². The Morgan fingerprint density at radius 3 is 2.36 bits per heavy atom. The van der Waals surface area contributed by atoms with Crippen LogP contribution in [0, 0.1) is 36.5 Å². The fourth-order valence-electron chi connectivity index (χ4n) is 5.50. The van der Waals surface area contributed by atoms with Crippen LogP contribution in [0.5, 0.6) is 0 Å². The lowest BCUT2D eigenvalue weighted by molar-refractivity contribution is -0.164. The molecule has 4 nitrogen and oxygen atoms in total. The van der Waals surface area contributed by atoms with Gasteiger partial charge in [-0.05, 0) is 86.5 Å². The minimum absolute atomic E-state index is 0.0119. The first-order chi connectivity index (χ1) is 12.0. The molecule has 4 aliphatic carbocycles. The summed E-state index contributed by atoms with van der Waals surface area (Å²) in [6.07, 6.45) is 6.04. The lowest BCUT2D eigenvalue weighted by Crippen LogP contribution is -2.48. The Labute approximate surface area is 153 Å². The molecule has 0 radical (unpaired) electrons. The van der Waals surface area contributed by atoms with Crippen molar-refractivity contribution >= 4 is 29.2 Å². The molecule has 25 heavy (non-hydrogen) atoms. The molecule has 0 saturated heterocycles. The van der Waals surface area contributed by atoms with Gasteiger partial charge in [0.15, 0.2) is 6.61 Å². The van der Waals surface area contributed by atoms with Crippen LogP contribution < -0.4 is 5.32 Å². The van der Waals surface area contributed by atoms with E-state index in [1.54, 1.807) is 18.2 Å². The molecule has 4 bridgehead atoms. The number of halogens is 1. The van der Waals surface area contributed by atoms with Gasteiger partial charge < -0.3 is 10.1 Å². The number of hydrogen-bond acceptors (Lipinski definition) is 3. The average Bonchev–Trinajstić information content (AvgIpc) is 2.54. The first-order valence-corrected chi connectivity index (χ1v) is 9.60. The molecular formula is C20H24ClNO3. The van der Waals surface area contributed by atoms with Gasteiger partial charge in [0.25, 0.3) is 5.91 Å². The summed E-state index contributed by atoms with van der Waals surface area (Å²) in [5.41, 5.74) is 1.58. The zero-order valence-electron chi connectivity index (χ0n) is 14.5. The van der Waals surface area contributed by atoms with E-state index in [1.165, 1.54) is 32.1 Å². The molecule has 5 heteroatoms. The molecule has 0 heterocycles. The molecule has 1 amide bonds. The smallest absolute Gasteiger partial charge is 0.310 e. The molecule has 134 valence electrons. The summed E-state index contributed by atoms with van der Waals surface area (Å²) < 4.78 is 5.39. The number of aryl methyl sites for hydroxylation is 1. The zero-order valence-corrected chi connectivity index (χ0v) is 15.2. The van der Waals surface area contributed by atoms with Gasteiger partial charge in [-0.3, -0.25) is 9.59 Å². The van der Waals surface area contributed by atoms with Gasteiger partial charge in [0.2, 0.25) is 0 Å². The number of rotatable bonds is 4. The number of esters is 1. The Balaban J connectivity index is 1.32. The number of carbonyl (C=O) groups is 2. The molecule has 4 aliphatic rings. The first kappa shape index (κ1) is 16.9. The third-order valence-corrected chi connectivity index (χ3v) is 6.54. The lowest BCUT2D eigenvalue weighted by atomic mass is 9.52. The minimum atomic E-state index is -0.303. The molecule has 0 atom stereocenters. The van der Waals surface area contributed by atoms with Crippen molar-refractivity contribution in [1.29, 1.82) is 0 Å². The van der Waals surface area contributed by atoms with Gasteiger partial charge >= 0.3 is 5.97 Å². The minimum Gasteiger partial charge on any atom is -0.455 e. The summed E-state index contributed by atoms with van der Waals surface area (Å²) in [6.45, 7) is 1.66. The van der Waals surface area contributed by atoms with Crippen LogP contribution in [-0.2, 0) is 14.3 Å². The van der Waals surface area contributed by atoms with Gasteiger partial charge in [-0.1, -0.05) is 11.6 Å². The SMILES string of the molecule is Cc1cc(Cl)ccc1NC(=O)COC(=O)C1C2CC3CC(C2)CC1C3. The Morgan fingerprint density at radius 1 is 1.12 bits per heavy atom. The van der Waals surface area contributed by atoms with E-state index in [4.69, 9.17) is 16.3 Å². The Hall–Kier alpha value is -1.55. The maximum atomic E-state index is 12.6. The topological polar surface area (TPSA) is 55.4 Å². The third-order valence-electron chi connectivity index (χ3n) is 6.31. The summed E-state index contributed by atoms with van der Waals surface area (Å²) in [5.74, 6) is 2.14. The van der Waals surface area contributed by atoms with Gasteiger partial charge in [0.1, 0.15) is 0 Å². The predicted molar refractivity (Wildman–Crippen MR) is 96.3 cm³/mol. The molecular weight excluding hydrogens is 338 g/mol. The monoisotopic (exact) mass is 361 g/mol. The molecule has 5 rings (SSSR count). The largest absolute Gasteiger partial charge is 0.455 e. The maximum Gasteiger partial charge on any atom is 0.310 e. The van der Waals surface area contributed by atoms with Crippen LogP contribution in [0.3, 0.4) is 0 Å². The number of benzene rings is 1. The van der Waals surface area contributed by atoms with E-state index in [0.29, 0.717) is 22.5 Å². The van der Waals surface area contributed by atoms with Crippen LogP contribution in [0.4, 0.5) is 5.69 Å². The molecule has 1 N–H and O–H groups in total. The highest BCUT2D eigenvalue weighted by molar-refractivity contribution is 6.30. The molecule has 1 aromatic rings. The van der Waals surface area contributed by atoms with E-state index in [0.717, 1.165) is 17.4 Å². The molecule has 0 aromatic heterocycles. The third kappa shape index (κ3) is 3.41. The van der Waals surface area contributed by atoms with Crippen molar-refractivity contribution in [2.75, 3.05) is 11.9 Å². The maximum absolute atomic E-state index is 12.6. The fraction of sp³-hybridized carbons (Fsp3) is 0.600. The van der Waals surface area contributed by atoms with Gasteiger partial charge in [0.05, 0.1) is 5.92 Å². The Bertz CT molecular complexity index is 674. The second-order valence-electron chi connectivity index (χ2n) is 8.07. The van der Waals surface area contributed by atoms with Crippen molar-refractivity contribution < 1.29 is 14.3 Å². The highest BCUT2D eigenvalue weighted by Gasteiger charge is 2.51. The van der Waals surface area contributed by atoms with E-state index in [-0.39, 0.29) is 24.4 Å². The van der Waals surface area contributed by atoms with Crippen LogP contribution in [0.2, 0.25) is 5.02 Å². The summed E-state index contributed by atoms with van der Waals surface area (Å²) >= 11 is 5.92. The zero-order chi connectivity index (χ0) is 17.6. The molecule has 4 fully saturated rings. The second kappa shape index (κ2) is 6.64. The van der Waals surface area contributed by atoms with E-state index in [1.807, 2.05) is 6.92 Å². The van der Waals surface area contributed by atoms with Crippen LogP contribution in [0.1, 0.15) is 37.7 Å². The summed E-state index contributed by atoms with van der Waals surface area (Å²) in [4.78, 5) is 24.7. The van der Waals surface area contributed by atoms with Crippen molar-refractivity contribution in [3.05, 3.63) is 28.8 Å². The quantitative estimate of drug-likeness (QED) is 0.817. The molecule has 0 spiro atoms. The number of ether oxygens (including phenoxy) is 1. The normalized spacial score (nSPS) is 32.5. The molecule has 1 aromatic carbocycles. The number of carbonyl (C=O) groups excluding carboxylic acids is 2. The Kier molecular flexibility index (Phi) is 4.48. The molecule has 0 unspecified atom stereocenters. The van der Waals surface area contributed by atoms with E-state index in [9.17, 15) is 9.59 Å². The highest BCUT2D eigenvalue weighted by atomic mass is 35.5. The number of nitrogens with one attached hydrogen (secondary N) is 1. The van der Waals surface area contributed by atoms with E-state index >= 15 is 0 Å². The van der Waals surface area contributed by atoms with Gasteiger partial charge in [-0.25, -0.2) is 0 Å². The first-order valence-electron chi connectivity index (χ1n) is 9.22. The second-order valence-corrected chi connectivity index (χ2v) is 8.51. The lowest BCUT2D eigenvalue weighted by Gasteiger charge is -2.53. The summed E-state index contributed by atoms with van der Waals surface area (Å²) in [7, 11) is 0. The van der Waals surface area contributed by atoms with Gasteiger partial charge in [-0.2, -0.15) is 0 Å². The van der Waals surface area contributed by atoms with Crippen LogP contribution in [0.25, 0.3) is 0 Å². The standard InChI is InChI=1S/C20H24ClNO3/c1-11-4-16(21)2-3-17(11)22-18(23)10-25-20(24)19-14-6-12-5-13(8-14)9-15(19)7-12/h2-4,12-15,19H,5-10H2,1H3,(H,22,23). The number of hydrogen-bond donors (Lipinski definition) is 1. The highest BCUT2D eigenvalue weighted by Crippen LogP contribution is 2.56. The summed E-state index contributed by atoms with van der Waals surface area (Å²) in [5, 5.41) is 3.41. The van der Waals surface area contributed by atoms with E-state index < -0.39 is 0 Å². The number of amides is 1. The van der Waals surface area contributed by atoms with Gasteiger partial charge in [-0.15, -0.1) is 0 Å². The van der Waals surface area contributed by atoms with Crippen molar-refractivity contribution in [3.63, 3.8) is 0 Å². The van der Waals surface area contributed by atoms with Crippen molar-refractivity contribution in [1.82, 2.24) is 0 Å². The van der Waals surface area contributed by atoms with Crippen molar-refractivity contribution in [2.24, 2.45) is 29.6 Å². The number of anilines is 1. The average molecular weight is 362 g/mol. The van der Waals surface area contributed by atoms with Crippen molar-refractivity contribution in [3.8, 4) is 0 Å². The van der Waals surface area contributed by atoms with Gasteiger partial charge in [0, 0.05) is 10.7 Å². The predicted octanol–water partition coefficient (Wildman–Crippen LogP) is 4.20. The Morgan fingerprint density at radius 2 is 1.76 bits per heavy atom. The summed E-state index contributed by atoms with van der Waals surface area (Å²) in [6, 6.07) is 5.28. The fourth-order valence-corrected chi connectivity index (χ4v) is 5.72.